The van der Waals surface area contributed by atoms with Crippen LogP contribution in [0, 0.1) is 0 Å². The number of pyridine rings is 1. The van der Waals surface area contributed by atoms with Gasteiger partial charge in [-0.05, 0) is 31.0 Å². The van der Waals surface area contributed by atoms with Crippen molar-refractivity contribution in [3.8, 4) is 5.75 Å². The summed E-state index contributed by atoms with van der Waals surface area (Å²) in [5, 5.41) is 9.21. The van der Waals surface area contributed by atoms with Crippen LogP contribution in [0.1, 0.15) is 37.6 Å². The molecular weight excluding hydrogens is 388 g/mol. The van der Waals surface area contributed by atoms with Crippen molar-refractivity contribution < 1.29 is 14.6 Å². The summed E-state index contributed by atoms with van der Waals surface area (Å²) >= 11 is 7.40. The van der Waals surface area contributed by atoms with Gasteiger partial charge < -0.3 is 9.84 Å². The molecule has 0 bridgehead atoms. The Balaban J connectivity index is 1.87. The molecule has 2 heterocycles. The van der Waals surface area contributed by atoms with Crippen molar-refractivity contribution in [2.75, 3.05) is 0 Å². The third-order valence-electron chi connectivity index (χ3n) is 4.25. The number of aryl methyl sites for hydroxylation is 2. The minimum Gasteiger partial charge on any atom is -0.483 e. The molecule has 3 rings (SSSR count). The van der Waals surface area contributed by atoms with E-state index in [0.717, 1.165) is 29.0 Å². The van der Waals surface area contributed by atoms with Crippen LogP contribution < -0.4 is 9.61 Å². The van der Waals surface area contributed by atoms with Gasteiger partial charge in [0.25, 0.3) is 0 Å². The molecule has 1 aromatic carbocycles. The fourth-order valence-corrected chi connectivity index (χ4v) is 3.84. The van der Waals surface area contributed by atoms with E-state index in [1.165, 1.54) is 4.57 Å². The number of carboxylic acids is 1. The first kappa shape index (κ1) is 19.4. The van der Waals surface area contributed by atoms with E-state index in [2.05, 4.69) is 11.9 Å². The Bertz CT molecular complexity index is 1030. The van der Waals surface area contributed by atoms with Gasteiger partial charge in [-0.15, -0.1) is 0 Å². The average molecular weight is 407 g/mol. The van der Waals surface area contributed by atoms with Crippen LogP contribution in [0.3, 0.4) is 0 Å². The molecular formula is C19H19ClN2O4S. The van der Waals surface area contributed by atoms with Crippen molar-refractivity contribution in [1.82, 2.24) is 9.55 Å². The van der Waals surface area contributed by atoms with Gasteiger partial charge in [0.05, 0.1) is 27.4 Å². The highest BCUT2D eigenvalue weighted by Gasteiger charge is 2.16. The van der Waals surface area contributed by atoms with Crippen molar-refractivity contribution in [3.63, 3.8) is 0 Å². The molecule has 0 fully saturated rings. The van der Waals surface area contributed by atoms with E-state index in [1.807, 2.05) is 25.3 Å². The smallest absolute Gasteiger partial charge is 0.308 e. The summed E-state index contributed by atoms with van der Waals surface area (Å²) in [7, 11) is 0. The minimum atomic E-state index is -0.956. The van der Waals surface area contributed by atoms with Crippen LogP contribution in [0.25, 0.3) is 10.2 Å². The monoisotopic (exact) mass is 406 g/mol. The fraction of sp³-hybridized carbons (Fsp3) is 0.316. The highest BCUT2D eigenvalue weighted by Crippen LogP contribution is 2.34. The molecule has 0 aliphatic carbocycles. The van der Waals surface area contributed by atoms with Gasteiger partial charge in [-0.1, -0.05) is 35.9 Å². The van der Waals surface area contributed by atoms with Crippen LogP contribution in [0.2, 0.25) is 5.02 Å². The van der Waals surface area contributed by atoms with Crippen LogP contribution in [0.15, 0.2) is 35.3 Å². The lowest BCUT2D eigenvalue weighted by atomic mass is 10.2. The van der Waals surface area contributed by atoms with Gasteiger partial charge in [-0.25, -0.2) is 0 Å². The van der Waals surface area contributed by atoms with Crippen LogP contribution in [0.5, 0.6) is 5.75 Å². The third kappa shape index (κ3) is 4.31. The summed E-state index contributed by atoms with van der Waals surface area (Å²) in [6.45, 7) is 4.06. The molecule has 6 nitrogen and oxygen atoms in total. The normalized spacial score (nSPS) is 12.3. The van der Waals surface area contributed by atoms with E-state index >= 15 is 0 Å². The molecule has 0 unspecified atom stereocenters. The van der Waals surface area contributed by atoms with Gasteiger partial charge in [-0.2, -0.15) is 0 Å². The van der Waals surface area contributed by atoms with Gasteiger partial charge in [-0.3, -0.25) is 19.1 Å². The number of carboxylic acid groups (broad SMARTS) is 1. The number of benzene rings is 1. The standard InChI is InChI=1S/C19H19ClN2O4S/c1-3-12-4-5-14(21-10-12)11(2)26-16-9-17-15(8-13(16)20)22(19(25)27-17)7-6-18(23)24/h4-5,8-11H,3,6-7H2,1-2H3,(H,23,24)/t11-/m0/s1. The van der Waals surface area contributed by atoms with Crippen LogP contribution >= 0.6 is 22.9 Å². The van der Waals surface area contributed by atoms with Crippen molar-refractivity contribution >= 4 is 39.1 Å². The maximum absolute atomic E-state index is 12.2. The van der Waals surface area contributed by atoms with Crippen LogP contribution in [-0.2, 0) is 17.8 Å². The first-order valence-electron chi connectivity index (χ1n) is 8.55. The minimum absolute atomic E-state index is 0.106. The van der Waals surface area contributed by atoms with Gasteiger partial charge in [0.2, 0.25) is 0 Å². The van der Waals surface area contributed by atoms with Crippen molar-refractivity contribution in [2.45, 2.75) is 39.3 Å². The summed E-state index contributed by atoms with van der Waals surface area (Å²) in [5.74, 6) is -0.493. The van der Waals surface area contributed by atoms with Crippen molar-refractivity contribution in [2.24, 2.45) is 0 Å². The molecule has 0 amide bonds. The van der Waals surface area contributed by atoms with E-state index < -0.39 is 5.97 Å². The number of carbonyl (C=O) groups is 1. The predicted molar refractivity (Wildman–Crippen MR) is 106 cm³/mol. The highest BCUT2D eigenvalue weighted by molar-refractivity contribution is 7.16. The number of ether oxygens (including phenoxy) is 1. The van der Waals surface area contributed by atoms with Gasteiger partial charge in [0.15, 0.2) is 0 Å². The predicted octanol–water partition coefficient (Wildman–Crippen LogP) is 4.29. The lowest BCUT2D eigenvalue weighted by molar-refractivity contribution is -0.137. The number of thiazole rings is 1. The summed E-state index contributed by atoms with van der Waals surface area (Å²) < 4.78 is 8.10. The Morgan fingerprint density at radius 3 is 2.81 bits per heavy atom. The topological polar surface area (TPSA) is 81.4 Å². The molecule has 1 atom stereocenters. The second-order valence-electron chi connectivity index (χ2n) is 6.12. The number of hydrogen-bond acceptors (Lipinski definition) is 5. The Morgan fingerprint density at radius 1 is 1.41 bits per heavy atom. The molecule has 0 saturated heterocycles. The fourth-order valence-electron chi connectivity index (χ4n) is 2.71. The lowest BCUT2D eigenvalue weighted by Crippen LogP contribution is -2.15. The van der Waals surface area contributed by atoms with E-state index in [1.54, 1.807) is 12.1 Å². The lowest BCUT2D eigenvalue weighted by Gasteiger charge is -2.16. The van der Waals surface area contributed by atoms with E-state index in [4.69, 9.17) is 21.4 Å². The van der Waals surface area contributed by atoms with Crippen LogP contribution in [0.4, 0.5) is 0 Å². The highest BCUT2D eigenvalue weighted by atomic mass is 35.5. The third-order valence-corrected chi connectivity index (χ3v) is 5.48. The van der Waals surface area contributed by atoms with Crippen molar-refractivity contribution in [1.29, 1.82) is 0 Å². The summed E-state index contributed by atoms with van der Waals surface area (Å²) in [5.41, 5.74) is 2.55. The van der Waals surface area contributed by atoms with E-state index in [-0.39, 0.29) is 23.9 Å². The number of aromatic nitrogens is 2. The van der Waals surface area contributed by atoms with Crippen molar-refractivity contribution in [3.05, 3.63) is 56.4 Å². The molecule has 0 aliphatic heterocycles. The number of aliphatic carboxylic acids is 1. The van der Waals surface area contributed by atoms with Gasteiger partial charge in [0.1, 0.15) is 11.9 Å². The van der Waals surface area contributed by atoms with E-state index in [0.29, 0.717) is 21.0 Å². The largest absolute Gasteiger partial charge is 0.483 e. The number of nitrogens with zero attached hydrogens (tertiary/aromatic N) is 2. The maximum Gasteiger partial charge on any atom is 0.308 e. The van der Waals surface area contributed by atoms with Crippen LogP contribution in [-0.4, -0.2) is 20.6 Å². The number of hydrogen-bond donors (Lipinski definition) is 1. The summed E-state index contributed by atoms with van der Waals surface area (Å²) in [6, 6.07) is 7.31. The molecule has 2 aromatic heterocycles. The zero-order valence-corrected chi connectivity index (χ0v) is 16.5. The van der Waals surface area contributed by atoms with Gasteiger partial charge in [0, 0.05) is 18.8 Å². The molecule has 3 aromatic rings. The Kier molecular flexibility index (Phi) is 5.82. The average Bonchev–Trinajstić information content (AvgIpc) is 2.94. The molecule has 0 aliphatic rings. The molecule has 0 spiro atoms. The van der Waals surface area contributed by atoms with E-state index in [9.17, 15) is 9.59 Å². The zero-order chi connectivity index (χ0) is 19.6. The SMILES string of the molecule is CCc1ccc([C@H](C)Oc2cc3sc(=O)n(CCC(=O)O)c3cc2Cl)nc1. The Morgan fingerprint density at radius 2 is 2.19 bits per heavy atom. The second kappa shape index (κ2) is 8.10. The summed E-state index contributed by atoms with van der Waals surface area (Å²) in [6.07, 6.45) is 2.31. The molecule has 1 N–H and O–H groups in total. The first-order valence-corrected chi connectivity index (χ1v) is 9.74. The maximum atomic E-state index is 12.2. The first-order chi connectivity index (χ1) is 12.9. The summed E-state index contributed by atoms with van der Waals surface area (Å²) in [4.78, 5) is 27.2. The zero-order valence-electron chi connectivity index (χ0n) is 14.9. The second-order valence-corrected chi connectivity index (χ2v) is 7.52. The Labute approximate surface area is 165 Å². The Hall–Kier alpha value is -2.38. The quantitative estimate of drug-likeness (QED) is 0.633. The molecule has 8 heteroatoms. The molecule has 0 saturated carbocycles. The number of fused-ring (bicyclic) bond motifs is 1. The number of rotatable bonds is 7. The number of halogens is 1. The molecule has 27 heavy (non-hydrogen) atoms. The molecule has 0 radical (unpaired) electrons. The molecule has 142 valence electrons. The van der Waals surface area contributed by atoms with Gasteiger partial charge >= 0.3 is 10.8 Å².